The van der Waals surface area contributed by atoms with Gasteiger partial charge in [-0.05, 0) is 18.8 Å². The third kappa shape index (κ3) is 1.45. The van der Waals surface area contributed by atoms with E-state index in [1.807, 2.05) is 0 Å². The van der Waals surface area contributed by atoms with E-state index in [-0.39, 0.29) is 0 Å². The van der Waals surface area contributed by atoms with E-state index in [2.05, 4.69) is 19.2 Å². The van der Waals surface area contributed by atoms with Crippen molar-refractivity contribution in [2.75, 3.05) is 6.54 Å². The Morgan fingerprint density at radius 3 is 2.56 bits per heavy atom. The molecule has 1 heteroatoms. The highest BCUT2D eigenvalue weighted by atomic mass is 14.9. The van der Waals surface area contributed by atoms with Crippen LogP contribution in [-0.2, 0) is 0 Å². The van der Waals surface area contributed by atoms with Gasteiger partial charge in [-0.2, -0.15) is 0 Å². The largest absolute Gasteiger partial charge is 0.238 e. The van der Waals surface area contributed by atoms with Crippen LogP contribution in [0.4, 0.5) is 0 Å². The summed E-state index contributed by atoms with van der Waals surface area (Å²) >= 11 is 0. The predicted molar refractivity (Wildman–Crippen MR) is 39.5 cm³/mol. The molecule has 0 aliphatic carbocycles. The van der Waals surface area contributed by atoms with Crippen molar-refractivity contribution in [3.8, 4) is 0 Å². The maximum Gasteiger partial charge on any atom is 0.0272 e. The Labute approximate surface area is 57.8 Å². The van der Waals surface area contributed by atoms with E-state index in [0.717, 1.165) is 12.5 Å². The van der Waals surface area contributed by atoms with E-state index in [9.17, 15) is 0 Å². The molecule has 0 spiro atoms. The SMILES string of the molecule is CCC1CC[N]C1CC. The summed E-state index contributed by atoms with van der Waals surface area (Å²) in [6, 6.07) is 0.704. The van der Waals surface area contributed by atoms with Gasteiger partial charge in [-0.25, -0.2) is 5.32 Å². The van der Waals surface area contributed by atoms with Crippen LogP contribution in [0.5, 0.6) is 0 Å². The number of hydrogen-bond donors (Lipinski definition) is 0. The molecule has 1 aliphatic rings. The molecule has 53 valence electrons. The molecule has 1 saturated heterocycles. The molecule has 0 N–H and O–H groups in total. The van der Waals surface area contributed by atoms with Gasteiger partial charge in [0.1, 0.15) is 0 Å². The Kier molecular flexibility index (Phi) is 2.52. The van der Waals surface area contributed by atoms with Gasteiger partial charge in [-0.15, -0.1) is 0 Å². The van der Waals surface area contributed by atoms with E-state index >= 15 is 0 Å². The first-order valence-electron chi connectivity index (χ1n) is 4.05. The second kappa shape index (κ2) is 3.21. The molecule has 0 aromatic carbocycles. The van der Waals surface area contributed by atoms with E-state index in [1.54, 1.807) is 0 Å². The minimum absolute atomic E-state index is 0.704. The summed E-state index contributed by atoms with van der Waals surface area (Å²) in [5.74, 6) is 0.912. The maximum atomic E-state index is 4.51. The average Bonchev–Trinajstić information content (AvgIpc) is 2.33. The van der Waals surface area contributed by atoms with Gasteiger partial charge in [0.15, 0.2) is 0 Å². The zero-order chi connectivity index (χ0) is 6.69. The molecule has 2 atom stereocenters. The highest BCUT2D eigenvalue weighted by Gasteiger charge is 2.23. The fourth-order valence-corrected chi connectivity index (χ4v) is 1.69. The van der Waals surface area contributed by atoms with Crippen molar-refractivity contribution in [2.45, 2.75) is 39.2 Å². The molecule has 0 saturated carbocycles. The molecule has 0 aromatic heterocycles. The van der Waals surface area contributed by atoms with Crippen LogP contribution in [0.3, 0.4) is 0 Å². The molecule has 1 heterocycles. The molecule has 0 bridgehead atoms. The second-order valence-corrected chi connectivity index (χ2v) is 2.84. The average molecular weight is 126 g/mol. The zero-order valence-electron chi connectivity index (χ0n) is 6.43. The van der Waals surface area contributed by atoms with Crippen LogP contribution in [0.25, 0.3) is 0 Å². The van der Waals surface area contributed by atoms with E-state index in [4.69, 9.17) is 0 Å². The van der Waals surface area contributed by atoms with Crippen LogP contribution in [0.15, 0.2) is 0 Å². The lowest BCUT2D eigenvalue weighted by Gasteiger charge is -2.13. The molecule has 1 fully saturated rings. The fourth-order valence-electron chi connectivity index (χ4n) is 1.69. The van der Waals surface area contributed by atoms with Crippen molar-refractivity contribution in [2.24, 2.45) is 5.92 Å². The number of nitrogens with zero attached hydrogens (tertiary/aromatic N) is 1. The molecule has 1 nitrogen and oxygen atoms in total. The third-order valence-electron chi connectivity index (χ3n) is 2.35. The van der Waals surface area contributed by atoms with Crippen LogP contribution >= 0.6 is 0 Å². The quantitative estimate of drug-likeness (QED) is 0.535. The van der Waals surface area contributed by atoms with Crippen molar-refractivity contribution in [3.63, 3.8) is 0 Å². The van der Waals surface area contributed by atoms with Gasteiger partial charge in [-0.3, -0.25) is 0 Å². The minimum Gasteiger partial charge on any atom is -0.238 e. The third-order valence-corrected chi connectivity index (χ3v) is 2.35. The first kappa shape index (κ1) is 7.07. The van der Waals surface area contributed by atoms with Gasteiger partial charge in [0.05, 0.1) is 0 Å². The minimum atomic E-state index is 0.704. The summed E-state index contributed by atoms with van der Waals surface area (Å²) in [7, 11) is 0. The molecule has 0 aromatic rings. The lowest BCUT2D eigenvalue weighted by Crippen LogP contribution is -2.19. The molecule has 1 radical (unpaired) electrons. The Bertz CT molecular complexity index is 70.6. The number of hydrogen-bond acceptors (Lipinski definition) is 0. The van der Waals surface area contributed by atoms with Gasteiger partial charge in [-0.1, -0.05) is 20.3 Å². The van der Waals surface area contributed by atoms with Crippen LogP contribution in [0.2, 0.25) is 0 Å². The van der Waals surface area contributed by atoms with Gasteiger partial charge in [0.2, 0.25) is 0 Å². The van der Waals surface area contributed by atoms with Gasteiger partial charge < -0.3 is 0 Å². The highest BCUT2D eigenvalue weighted by molar-refractivity contribution is 4.80. The summed E-state index contributed by atoms with van der Waals surface area (Å²) in [5, 5.41) is 4.51. The number of rotatable bonds is 2. The maximum absolute atomic E-state index is 4.51. The summed E-state index contributed by atoms with van der Waals surface area (Å²) < 4.78 is 0. The molecule has 1 aliphatic heterocycles. The second-order valence-electron chi connectivity index (χ2n) is 2.84. The Hall–Kier alpha value is -0.0400. The molecular weight excluding hydrogens is 110 g/mol. The van der Waals surface area contributed by atoms with Crippen LogP contribution in [0, 0.1) is 5.92 Å². The van der Waals surface area contributed by atoms with Crippen molar-refractivity contribution < 1.29 is 0 Å². The fraction of sp³-hybridized carbons (Fsp3) is 1.00. The molecule has 9 heavy (non-hydrogen) atoms. The van der Waals surface area contributed by atoms with Crippen molar-refractivity contribution >= 4 is 0 Å². The van der Waals surface area contributed by atoms with E-state index in [0.29, 0.717) is 6.04 Å². The van der Waals surface area contributed by atoms with Crippen molar-refractivity contribution in [1.29, 1.82) is 0 Å². The molecule has 0 amide bonds. The van der Waals surface area contributed by atoms with Gasteiger partial charge in [0, 0.05) is 12.6 Å². The van der Waals surface area contributed by atoms with Crippen LogP contribution in [-0.4, -0.2) is 12.6 Å². The monoisotopic (exact) mass is 126 g/mol. The summed E-state index contributed by atoms with van der Waals surface area (Å²) in [6.07, 6.45) is 3.91. The van der Waals surface area contributed by atoms with Crippen molar-refractivity contribution in [1.82, 2.24) is 5.32 Å². The summed E-state index contributed by atoms with van der Waals surface area (Å²) in [6.45, 7) is 5.63. The first-order chi connectivity index (χ1) is 4.38. The smallest absolute Gasteiger partial charge is 0.0272 e. The predicted octanol–water partition coefficient (Wildman–Crippen LogP) is 1.80. The molecule has 2 unspecified atom stereocenters. The van der Waals surface area contributed by atoms with E-state index < -0.39 is 0 Å². The molecular formula is C8H16N. The molecule has 1 rings (SSSR count). The normalized spacial score (nSPS) is 35.3. The standard InChI is InChI=1S/C8H16N/c1-3-7-5-6-9-8(7)4-2/h7-8H,3-6H2,1-2H3. The summed E-state index contributed by atoms with van der Waals surface area (Å²) in [5.41, 5.74) is 0. The van der Waals surface area contributed by atoms with Crippen molar-refractivity contribution in [3.05, 3.63) is 0 Å². The highest BCUT2D eigenvalue weighted by Crippen LogP contribution is 2.21. The van der Waals surface area contributed by atoms with Crippen LogP contribution < -0.4 is 5.32 Å². The Morgan fingerprint density at radius 2 is 2.11 bits per heavy atom. The lowest BCUT2D eigenvalue weighted by atomic mass is 9.96. The Morgan fingerprint density at radius 1 is 1.33 bits per heavy atom. The first-order valence-corrected chi connectivity index (χ1v) is 4.05. The van der Waals surface area contributed by atoms with Crippen LogP contribution in [0.1, 0.15) is 33.1 Å². The topological polar surface area (TPSA) is 14.1 Å². The summed E-state index contributed by atoms with van der Waals surface area (Å²) in [4.78, 5) is 0. The Balaban J connectivity index is 2.32. The van der Waals surface area contributed by atoms with Gasteiger partial charge in [0.25, 0.3) is 0 Å². The van der Waals surface area contributed by atoms with E-state index in [1.165, 1.54) is 19.3 Å². The zero-order valence-corrected chi connectivity index (χ0v) is 6.43. The van der Waals surface area contributed by atoms with Gasteiger partial charge >= 0.3 is 0 Å². The lowest BCUT2D eigenvalue weighted by molar-refractivity contribution is 0.421.